The number of rotatable bonds is 15. The normalized spacial score (nSPS) is 10.9. The molecule has 2 nitrogen and oxygen atoms in total. The van der Waals surface area contributed by atoms with Crippen molar-refractivity contribution in [3.8, 4) is 0 Å². The Kier molecular flexibility index (Phi) is 16.2. The molecule has 0 rings (SSSR count). The molecule has 0 aromatic carbocycles. The maximum atomic E-state index is 10.8. The molecule has 0 atom stereocenters. The van der Waals surface area contributed by atoms with E-state index in [9.17, 15) is 4.79 Å². The summed E-state index contributed by atoms with van der Waals surface area (Å²) in [7, 11) is 0. The average Bonchev–Trinajstić information content (AvgIpc) is 2.50. The van der Waals surface area contributed by atoms with E-state index in [-0.39, 0.29) is 5.97 Å². The molecule has 0 saturated heterocycles. The molecule has 0 spiro atoms. The van der Waals surface area contributed by atoms with Gasteiger partial charge in [-0.2, -0.15) is 0 Å². The number of hydrogen-bond donors (Lipinski definition) is 0. The highest BCUT2D eigenvalue weighted by molar-refractivity contribution is 5.81. The van der Waals surface area contributed by atoms with Crippen molar-refractivity contribution < 1.29 is 9.53 Å². The zero-order chi connectivity index (χ0) is 15.6. The van der Waals surface area contributed by atoms with Gasteiger partial charge in [0.05, 0.1) is 0 Å². The fourth-order valence-corrected chi connectivity index (χ4v) is 2.30. The SMILES string of the molecule is C=CC(=O)OC/C=C/CCCCCCCCCCCCC. The van der Waals surface area contributed by atoms with Crippen molar-refractivity contribution in [2.75, 3.05) is 6.61 Å². The van der Waals surface area contributed by atoms with Crippen molar-refractivity contribution in [1.29, 1.82) is 0 Å². The number of allylic oxidation sites excluding steroid dienone is 1. The van der Waals surface area contributed by atoms with Crippen LogP contribution < -0.4 is 0 Å². The Labute approximate surface area is 131 Å². The molecule has 0 fully saturated rings. The van der Waals surface area contributed by atoms with Gasteiger partial charge in [-0.3, -0.25) is 0 Å². The molecule has 0 aliphatic carbocycles. The molecule has 2 heteroatoms. The fourth-order valence-electron chi connectivity index (χ4n) is 2.30. The number of unbranched alkanes of at least 4 members (excludes halogenated alkanes) is 11. The largest absolute Gasteiger partial charge is 0.458 e. The van der Waals surface area contributed by atoms with E-state index in [2.05, 4.69) is 19.6 Å². The van der Waals surface area contributed by atoms with Crippen molar-refractivity contribution in [2.45, 2.75) is 84.0 Å². The number of ether oxygens (including phenoxy) is 1. The monoisotopic (exact) mass is 294 g/mol. The van der Waals surface area contributed by atoms with Crippen molar-refractivity contribution in [3.63, 3.8) is 0 Å². The van der Waals surface area contributed by atoms with Gasteiger partial charge in [-0.1, -0.05) is 89.9 Å². The molecule has 122 valence electrons. The zero-order valence-electron chi connectivity index (χ0n) is 13.9. The molecule has 0 aromatic heterocycles. The van der Waals surface area contributed by atoms with Gasteiger partial charge in [0.25, 0.3) is 0 Å². The van der Waals surface area contributed by atoms with Crippen LogP contribution in [-0.4, -0.2) is 12.6 Å². The van der Waals surface area contributed by atoms with Crippen molar-refractivity contribution in [2.24, 2.45) is 0 Å². The predicted octanol–water partition coefficient (Wildman–Crippen LogP) is 5.97. The van der Waals surface area contributed by atoms with Gasteiger partial charge in [0.1, 0.15) is 6.61 Å². The Morgan fingerprint density at radius 2 is 1.38 bits per heavy atom. The van der Waals surface area contributed by atoms with Gasteiger partial charge in [-0.25, -0.2) is 4.79 Å². The van der Waals surface area contributed by atoms with Crippen LogP contribution in [0.5, 0.6) is 0 Å². The minimum absolute atomic E-state index is 0.352. The first-order chi connectivity index (χ1) is 10.3. The molecule has 0 saturated carbocycles. The lowest BCUT2D eigenvalue weighted by molar-refractivity contribution is -0.136. The van der Waals surface area contributed by atoms with Gasteiger partial charge in [0.15, 0.2) is 0 Å². The summed E-state index contributed by atoms with van der Waals surface area (Å²) in [6, 6.07) is 0. The molecular weight excluding hydrogens is 260 g/mol. The van der Waals surface area contributed by atoms with E-state index in [0.717, 1.165) is 6.42 Å². The standard InChI is InChI=1S/C19H34O2/c1-3-5-6-7-8-9-10-11-12-13-14-15-16-17-18-21-19(20)4-2/h4,16-17H,2-3,5-15,18H2,1H3/b17-16+. The maximum Gasteiger partial charge on any atom is 0.330 e. The van der Waals surface area contributed by atoms with Gasteiger partial charge >= 0.3 is 5.97 Å². The molecule has 0 aromatic rings. The molecule has 0 bridgehead atoms. The lowest BCUT2D eigenvalue weighted by atomic mass is 10.1. The van der Waals surface area contributed by atoms with E-state index >= 15 is 0 Å². The van der Waals surface area contributed by atoms with Crippen LogP contribution in [0.25, 0.3) is 0 Å². The smallest absolute Gasteiger partial charge is 0.330 e. The summed E-state index contributed by atoms with van der Waals surface area (Å²) >= 11 is 0. The summed E-state index contributed by atoms with van der Waals surface area (Å²) < 4.78 is 4.85. The second kappa shape index (κ2) is 17.0. The van der Waals surface area contributed by atoms with Crippen LogP contribution in [0.1, 0.15) is 84.0 Å². The zero-order valence-corrected chi connectivity index (χ0v) is 13.9. The number of carbonyl (C=O) groups is 1. The number of hydrogen-bond acceptors (Lipinski definition) is 2. The van der Waals surface area contributed by atoms with Gasteiger partial charge in [-0.15, -0.1) is 0 Å². The van der Waals surface area contributed by atoms with E-state index in [1.165, 1.54) is 76.7 Å². The Hall–Kier alpha value is -1.05. The number of esters is 1. The van der Waals surface area contributed by atoms with E-state index < -0.39 is 0 Å². The van der Waals surface area contributed by atoms with E-state index in [1.54, 1.807) is 0 Å². The van der Waals surface area contributed by atoms with Crippen LogP contribution in [0.2, 0.25) is 0 Å². The molecule has 21 heavy (non-hydrogen) atoms. The van der Waals surface area contributed by atoms with Gasteiger partial charge in [0.2, 0.25) is 0 Å². The molecule has 0 unspecified atom stereocenters. The molecule has 0 aliphatic rings. The van der Waals surface area contributed by atoms with Gasteiger partial charge < -0.3 is 4.74 Å². The third-order valence-electron chi connectivity index (χ3n) is 3.63. The Bertz CT molecular complexity index is 269. The first-order valence-electron chi connectivity index (χ1n) is 8.75. The van der Waals surface area contributed by atoms with E-state index in [1.807, 2.05) is 6.08 Å². The summed E-state index contributed by atoms with van der Waals surface area (Å²) in [5, 5.41) is 0. The Balaban J connectivity index is 3.10. The van der Waals surface area contributed by atoms with Gasteiger partial charge in [-0.05, 0) is 12.8 Å². The Morgan fingerprint density at radius 3 is 1.90 bits per heavy atom. The quantitative estimate of drug-likeness (QED) is 0.161. The molecular formula is C19H34O2. The van der Waals surface area contributed by atoms with E-state index in [4.69, 9.17) is 4.74 Å². The maximum absolute atomic E-state index is 10.8. The molecule has 0 N–H and O–H groups in total. The molecule has 0 heterocycles. The lowest BCUT2D eigenvalue weighted by Gasteiger charge is -2.01. The topological polar surface area (TPSA) is 26.3 Å². The van der Waals surface area contributed by atoms with Crippen LogP contribution in [-0.2, 0) is 9.53 Å². The summed E-state index contributed by atoms with van der Waals surface area (Å²) in [5.74, 6) is -0.352. The van der Waals surface area contributed by atoms with Crippen LogP contribution in [0, 0.1) is 0 Å². The highest BCUT2D eigenvalue weighted by atomic mass is 16.5. The second-order valence-corrected chi connectivity index (χ2v) is 5.63. The van der Waals surface area contributed by atoms with Crippen LogP contribution >= 0.6 is 0 Å². The van der Waals surface area contributed by atoms with Crippen LogP contribution in [0.15, 0.2) is 24.8 Å². The number of carbonyl (C=O) groups excluding carboxylic acids is 1. The lowest BCUT2D eigenvalue weighted by Crippen LogP contribution is -1.98. The van der Waals surface area contributed by atoms with Crippen LogP contribution in [0.3, 0.4) is 0 Å². The molecule has 0 amide bonds. The van der Waals surface area contributed by atoms with E-state index in [0.29, 0.717) is 6.61 Å². The molecule has 0 radical (unpaired) electrons. The summed E-state index contributed by atoms with van der Waals surface area (Å²) in [6.07, 6.45) is 21.4. The Morgan fingerprint density at radius 1 is 0.857 bits per heavy atom. The van der Waals surface area contributed by atoms with Crippen molar-refractivity contribution in [1.82, 2.24) is 0 Å². The predicted molar refractivity (Wildman–Crippen MR) is 91.4 cm³/mol. The summed E-state index contributed by atoms with van der Waals surface area (Å²) in [4.78, 5) is 10.8. The third-order valence-corrected chi connectivity index (χ3v) is 3.63. The first kappa shape index (κ1) is 19.9. The highest BCUT2D eigenvalue weighted by Crippen LogP contribution is 2.11. The fraction of sp³-hybridized carbons (Fsp3) is 0.737. The summed E-state index contributed by atoms with van der Waals surface area (Å²) in [5.41, 5.74) is 0. The summed E-state index contributed by atoms with van der Waals surface area (Å²) in [6.45, 7) is 5.98. The average molecular weight is 294 g/mol. The molecule has 0 aliphatic heterocycles. The minimum atomic E-state index is -0.352. The first-order valence-corrected chi connectivity index (χ1v) is 8.75. The van der Waals surface area contributed by atoms with Crippen molar-refractivity contribution >= 4 is 5.97 Å². The van der Waals surface area contributed by atoms with Crippen LogP contribution in [0.4, 0.5) is 0 Å². The minimum Gasteiger partial charge on any atom is -0.458 e. The second-order valence-electron chi connectivity index (χ2n) is 5.63. The van der Waals surface area contributed by atoms with Crippen molar-refractivity contribution in [3.05, 3.63) is 24.8 Å². The highest BCUT2D eigenvalue weighted by Gasteiger charge is 1.93. The third kappa shape index (κ3) is 16.9. The van der Waals surface area contributed by atoms with Gasteiger partial charge in [0, 0.05) is 6.08 Å².